The summed E-state index contributed by atoms with van der Waals surface area (Å²) < 4.78 is 27.5. The minimum absolute atomic E-state index is 0.0517. The fourth-order valence-electron chi connectivity index (χ4n) is 2.51. The molecule has 0 radical (unpaired) electrons. The molecule has 0 heterocycles. The zero-order valence-corrected chi connectivity index (χ0v) is 11.6. The van der Waals surface area contributed by atoms with Crippen LogP contribution in [0.4, 0.5) is 5.69 Å². The fourth-order valence-corrected chi connectivity index (χ4v) is 4.16. The van der Waals surface area contributed by atoms with Crippen LogP contribution in [-0.4, -0.2) is 14.5 Å². The lowest BCUT2D eigenvalue weighted by Gasteiger charge is -2.18. The SMILES string of the molecule is Cc1c(N)cccc1S(=O)(=O)NC1CCCC1C. The van der Waals surface area contributed by atoms with E-state index in [1.165, 1.54) is 0 Å². The number of benzene rings is 1. The third-order valence-corrected chi connectivity index (χ3v) is 5.42. The van der Waals surface area contributed by atoms with E-state index in [2.05, 4.69) is 11.6 Å². The highest BCUT2D eigenvalue weighted by Gasteiger charge is 2.29. The van der Waals surface area contributed by atoms with Gasteiger partial charge in [0.1, 0.15) is 0 Å². The van der Waals surface area contributed by atoms with E-state index in [0.717, 1.165) is 19.3 Å². The fraction of sp³-hybridized carbons (Fsp3) is 0.538. The van der Waals surface area contributed by atoms with Crippen molar-refractivity contribution in [2.45, 2.75) is 44.0 Å². The molecule has 4 nitrogen and oxygen atoms in total. The number of hydrogen-bond acceptors (Lipinski definition) is 3. The highest BCUT2D eigenvalue weighted by Crippen LogP contribution is 2.27. The quantitative estimate of drug-likeness (QED) is 0.824. The minimum atomic E-state index is -3.46. The first-order chi connectivity index (χ1) is 8.42. The molecule has 2 unspecified atom stereocenters. The summed E-state index contributed by atoms with van der Waals surface area (Å²) in [6, 6.07) is 5.05. The molecule has 0 bridgehead atoms. The Morgan fingerprint density at radius 3 is 2.67 bits per heavy atom. The normalized spacial score (nSPS) is 24.3. The predicted octanol–water partition coefficient (Wildman–Crippen LogP) is 2.04. The Bertz CT molecular complexity index is 540. The zero-order valence-electron chi connectivity index (χ0n) is 10.8. The maximum absolute atomic E-state index is 12.3. The van der Waals surface area contributed by atoms with E-state index in [-0.39, 0.29) is 6.04 Å². The van der Waals surface area contributed by atoms with Crippen LogP contribution in [0.25, 0.3) is 0 Å². The summed E-state index contributed by atoms with van der Waals surface area (Å²) in [6.07, 6.45) is 3.09. The molecular weight excluding hydrogens is 248 g/mol. The van der Waals surface area contributed by atoms with Crippen LogP contribution in [0, 0.1) is 12.8 Å². The Morgan fingerprint density at radius 1 is 1.33 bits per heavy atom. The van der Waals surface area contributed by atoms with Crippen LogP contribution in [-0.2, 0) is 10.0 Å². The first-order valence-corrected chi connectivity index (χ1v) is 7.77. The van der Waals surface area contributed by atoms with Crippen molar-refractivity contribution in [1.82, 2.24) is 4.72 Å². The Labute approximate surface area is 109 Å². The molecule has 1 fully saturated rings. The first-order valence-electron chi connectivity index (χ1n) is 6.29. The van der Waals surface area contributed by atoms with Crippen LogP contribution in [0.2, 0.25) is 0 Å². The zero-order chi connectivity index (χ0) is 13.3. The van der Waals surface area contributed by atoms with E-state index in [9.17, 15) is 8.42 Å². The standard InChI is InChI=1S/C13H20N2O2S/c1-9-5-3-7-12(9)15-18(16,17)13-8-4-6-11(14)10(13)2/h4,6,8-9,12,15H,3,5,7,14H2,1-2H3. The Morgan fingerprint density at radius 2 is 2.06 bits per heavy atom. The van der Waals surface area contributed by atoms with Gasteiger partial charge in [-0.25, -0.2) is 13.1 Å². The van der Waals surface area contributed by atoms with Crippen LogP contribution in [0.1, 0.15) is 31.7 Å². The molecule has 0 aliphatic heterocycles. The number of hydrogen-bond donors (Lipinski definition) is 2. The van der Waals surface area contributed by atoms with Gasteiger partial charge in [-0.2, -0.15) is 0 Å². The second-order valence-electron chi connectivity index (χ2n) is 5.11. The predicted molar refractivity (Wildman–Crippen MR) is 72.7 cm³/mol. The molecule has 1 aromatic rings. The summed E-state index contributed by atoms with van der Waals surface area (Å²) in [6.45, 7) is 3.83. The van der Waals surface area contributed by atoms with Gasteiger partial charge in [-0.1, -0.05) is 19.4 Å². The van der Waals surface area contributed by atoms with Crippen LogP contribution in [0.15, 0.2) is 23.1 Å². The molecular formula is C13H20N2O2S. The van der Waals surface area contributed by atoms with Crippen LogP contribution < -0.4 is 10.5 Å². The van der Waals surface area contributed by atoms with Crippen LogP contribution in [0.3, 0.4) is 0 Å². The maximum atomic E-state index is 12.3. The largest absolute Gasteiger partial charge is 0.398 e. The average molecular weight is 268 g/mol. The topological polar surface area (TPSA) is 72.2 Å². The van der Waals surface area contributed by atoms with Crippen LogP contribution in [0.5, 0.6) is 0 Å². The molecule has 2 rings (SSSR count). The third kappa shape index (κ3) is 2.52. The molecule has 1 aliphatic carbocycles. The van der Waals surface area contributed by atoms with Gasteiger partial charge < -0.3 is 5.73 Å². The molecule has 2 atom stereocenters. The summed E-state index contributed by atoms with van der Waals surface area (Å²) in [5.41, 5.74) is 6.89. The van der Waals surface area contributed by atoms with Gasteiger partial charge >= 0.3 is 0 Å². The molecule has 18 heavy (non-hydrogen) atoms. The second-order valence-corrected chi connectivity index (χ2v) is 6.79. The minimum Gasteiger partial charge on any atom is -0.398 e. The van der Waals surface area contributed by atoms with Gasteiger partial charge in [0.05, 0.1) is 4.90 Å². The number of nitrogen functional groups attached to an aromatic ring is 1. The van der Waals surface area contributed by atoms with Crippen molar-refractivity contribution in [3.05, 3.63) is 23.8 Å². The van der Waals surface area contributed by atoms with Crippen molar-refractivity contribution in [3.63, 3.8) is 0 Å². The highest BCUT2D eigenvalue weighted by molar-refractivity contribution is 7.89. The van der Waals surface area contributed by atoms with Gasteiger partial charge in [-0.3, -0.25) is 0 Å². The van der Waals surface area contributed by atoms with E-state index in [1.807, 2.05) is 0 Å². The molecule has 1 saturated carbocycles. The lowest BCUT2D eigenvalue weighted by molar-refractivity contribution is 0.476. The number of anilines is 1. The van der Waals surface area contributed by atoms with Crippen molar-refractivity contribution < 1.29 is 8.42 Å². The molecule has 100 valence electrons. The van der Waals surface area contributed by atoms with Crippen molar-refractivity contribution in [2.75, 3.05) is 5.73 Å². The van der Waals surface area contributed by atoms with E-state index in [0.29, 0.717) is 22.1 Å². The molecule has 0 saturated heterocycles. The first kappa shape index (κ1) is 13.4. The molecule has 0 aromatic heterocycles. The monoisotopic (exact) mass is 268 g/mol. The van der Waals surface area contributed by atoms with E-state index in [1.54, 1.807) is 25.1 Å². The second kappa shape index (κ2) is 4.90. The van der Waals surface area contributed by atoms with Crippen molar-refractivity contribution in [1.29, 1.82) is 0 Å². The number of sulfonamides is 1. The molecule has 0 amide bonds. The van der Waals surface area contributed by atoms with Gasteiger partial charge in [0, 0.05) is 11.7 Å². The number of nitrogens with two attached hydrogens (primary N) is 1. The molecule has 1 aliphatic rings. The Balaban J connectivity index is 2.28. The summed E-state index contributed by atoms with van der Waals surface area (Å²) >= 11 is 0. The Hall–Kier alpha value is -1.07. The van der Waals surface area contributed by atoms with E-state index < -0.39 is 10.0 Å². The lowest BCUT2D eigenvalue weighted by Crippen LogP contribution is -2.36. The highest BCUT2D eigenvalue weighted by atomic mass is 32.2. The number of rotatable bonds is 3. The number of nitrogens with one attached hydrogen (secondary N) is 1. The van der Waals surface area contributed by atoms with Crippen LogP contribution >= 0.6 is 0 Å². The average Bonchev–Trinajstić information content (AvgIpc) is 2.67. The molecule has 5 heteroatoms. The third-order valence-electron chi connectivity index (χ3n) is 3.78. The van der Waals surface area contributed by atoms with Crippen molar-refractivity contribution >= 4 is 15.7 Å². The summed E-state index contributed by atoms with van der Waals surface area (Å²) in [4.78, 5) is 0.293. The van der Waals surface area contributed by atoms with Crippen molar-refractivity contribution in [2.24, 2.45) is 5.92 Å². The summed E-state index contributed by atoms with van der Waals surface area (Å²) in [5, 5.41) is 0. The maximum Gasteiger partial charge on any atom is 0.241 e. The lowest BCUT2D eigenvalue weighted by atomic mass is 10.1. The molecule has 1 aromatic carbocycles. The van der Waals surface area contributed by atoms with Gasteiger partial charge in [0.15, 0.2) is 0 Å². The van der Waals surface area contributed by atoms with Gasteiger partial charge in [0.25, 0.3) is 0 Å². The van der Waals surface area contributed by atoms with Gasteiger partial charge in [0.2, 0.25) is 10.0 Å². The van der Waals surface area contributed by atoms with Crippen molar-refractivity contribution in [3.8, 4) is 0 Å². The van der Waals surface area contributed by atoms with E-state index in [4.69, 9.17) is 5.73 Å². The smallest absolute Gasteiger partial charge is 0.241 e. The van der Waals surface area contributed by atoms with Gasteiger partial charge in [-0.15, -0.1) is 0 Å². The molecule has 3 N–H and O–H groups in total. The van der Waals surface area contributed by atoms with E-state index >= 15 is 0 Å². The Kier molecular flexibility index (Phi) is 3.64. The van der Waals surface area contributed by atoms with Gasteiger partial charge in [-0.05, 0) is 43.4 Å². The summed E-state index contributed by atoms with van der Waals surface area (Å²) in [5.74, 6) is 0.404. The summed E-state index contributed by atoms with van der Waals surface area (Å²) in [7, 11) is -3.46. The molecule has 0 spiro atoms.